The Labute approximate surface area is 110 Å². The van der Waals surface area contributed by atoms with Crippen molar-refractivity contribution in [1.82, 2.24) is 4.98 Å². The second-order valence-electron chi connectivity index (χ2n) is 2.32. The number of nitrogens with zero attached hydrogens (tertiary/aromatic N) is 1. The van der Waals surface area contributed by atoms with Crippen molar-refractivity contribution >= 4 is 69.6 Å². The first-order chi connectivity index (χ1) is 6.25. The lowest BCUT2D eigenvalue weighted by atomic mass is 10.3. The summed E-state index contributed by atoms with van der Waals surface area (Å²) in [6, 6.07) is 0. The molecule has 0 unspecified atom stereocenters. The smallest absolute Gasteiger partial charge is 0.210 e. The Bertz CT molecular complexity index is 372. The third-order valence-electron chi connectivity index (χ3n) is 1.30. The van der Waals surface area contributed by atoms with Crippen molar-refractivity contribution in [2.45, 2.75) is 4.46 Å². The van der Waals surface area contributed by atoms with Gasteiger partial charge >= 0.3 is 0 Å². The van der Waals surface area contributed by atoms with Gasteiger partial charge < -0.3 is 0 Å². The molecule has 78 valence electrons. The van der Waals surface area contributed by atoms with Gasteiger partial charge in [-0.3, -0.25) is 5.73 Å². The second-order valence-corrected chi connectivity index (χ2v) is 5.19. The molecule has 0 atom stereocenters. The van der Waals surface area contributed by atoms with Crippen LogP contribution in [0.4, 0.5) is 0 Å². The molecule has 0 saturated carbocycles. The minimum atomic E-state index is -1.77. The zero-order valence-corrected chi connectivity index (χ0v) is 10.8. The lowest BCUT2D eigenvalue weighted by molar-refractivity contribution is 0.865. The molecule has 0 aliphatic carbocycles. The number of halogens is 6. The molecular formula is C6H2Cl6N2. The van der Waals surface area contributed by atoms with E-state index in [2.05, 4.69) is 4.98 Å². The van der Waals surface area contributed by atoms with Gasteiger partial charge in [-0.2, -0.15) is 0 Å². The lowest BCUT2D eigenvalue weighted by Crippen LogP contribution is -2.24. The van der Waals surface area contributed by atoms with E-state index in [1.54, 1.807) is 0 Å². The second kappa shape index (κ2) is 4.38. The number of aromatic nitrogens is 1. The van der Waals surface area contributed by atoms with E-state index in [9.17, 15) is 0 Å². The molecule has 2 N–H and O–H groups in total. The summed E-state index contributed by atoms with van der Waals surface area (Å²) >= 11 is 34.0. The number of nitrogens with two attached hydrogens (primary N) is 1. The van der Waals surface area contributed by atoms with E-state index in [1.165, 1.54) is 0 Å². The highest BCUT2D eigenvalue weighted by Gasteiger charge is 2.29. The van der Waals surface area contributed by atoms with Crippen molar-refractivity contribution in [2.75, 3.05) is 0 Å². The van der Waals surface area contributed by atoms with Crippen LogP contribution in [0, 0.1) is 0 Å². The Morgan fingerprint density at radius 2 is 1.43 bits per heavy atom. The van der Waals surface area contributed by atoms with Gasteiger partial charge in [0.25, 0.3) is 0 Å². The van der Waals surface area contributed by atoms with E-state index < -0.39 is 4.46 Å². The van der Waals surface area contributed by atoms with Crippen LogP contribution in [0.15, 0.2) is 0 Å². The van der Waals surface area contributed by atoms with Gasteiger partial charge in [0.1, 0.15) is 10.8 Å². The first-order valence-electron chi connectivity index (χ1n) is 3.12. The van der Waals surface area contributed by atoms with Crippen LogP contribution in [0.3, 0.4) is 0 Å². The number of alkyl halides is 2. The first-order valence-corrected chi connectivity index (χ1v) is 5.39. The molecule has 0 spiro atoms. The van der Waals surface area contributed by atoms with Crippen LogP contribution >= 0.6 is 69.6 Å². The van der Waals surface area contributed by atoms with Gasteiger partial charge in [0.2, 0.25) is 4.46 Å². The summed E-state index contributed by atoms with van der Waals surface area (Å²) in [5, 5.41) is -0.0418. The van der Waals surface area contributed by atoms with Crippen LogP contribution in [0.1, 0.15) is 5.69 Å². The van der Waals surface area contributed by atoms with E-state index in [0.717, 1.165) is 0 Å². The van der Waals surface area contributed by atoms with Crippen molar-refractivity contribution in [3.05, 3.63) is 25.9 Å². The van der Waals surface area contributed by atoms with Crippen molar-refractivity contribution in [2.24, 2.45) is 5.73 Å². The van der Waals surface area contributed by atoms with Gasteiger partial charge in [0.15, 0.2) is 0 Å². The van der Waals surface area contributed by atoms with Gasteiger partial charge in [0, 0.05) is 0 Å². The molecule has 0 aromatic carbocycles. The fraction of sp³-hybridized carbons (Fsp3) is 0.167. The van der Waals surface area contributed by atoms with Gasteiger partial charge in [-0.15, -0.1) is 0 Å². The average Bonchev–Trinajstić information content (AvgIpc) is 2.06. The van der Waals surface area contributed by atoms with Crippen molar-refractivity contribution < 1.29 is 0 Å². The monoisotopic (exact) mass is 312 g/mol. The molecule has 1 rings (SSSR count). The SMILES string of the molecule is NC(Cl)(Cl)c1nc(Cl)c(Cl)c(Cl)c1Cl. The van der Waals surface area contributed by atoms with E-state index in [1.807, 2.05) is 0 Å². The molecule has 8 heteroatoms. The van der Waals surface area contributed by atoms with Crippen LogP contribution in [-0.2, 0) is 4.46 Å². The van der Waals surface area contributed by atoms with Crippen LogP contribution in [-0.4, -0.2) is 4.98 Å². The maximum absolute atomic E-state index is 5.77. The summed E-state index contributed by atoms with van der Waals surface area (Å²) in [6.45, 7) is 0. The molecular weight excluding hydrogens is 313 g/mol. The Hall–Kier alpha value is 0.850. The quantitative estimate of drug-likeness (QED) is 0.478. The molecule has 0 saturated heterocycles. The maximum atomic E-state index is 5.77. The minimum absolute atomic E-state index is 0.0134. The predicted molar refractivity (Wildman–Crippen MR) is 61.8 cm³/mol. The molecule has 1 heterocycles. The highest BCUT2D eigenvalue weighted by Crippen LogP contribution is 2.41. The Morgan fingerprint density at radius 3 is 1.86 bits per heavy atom. The van der Waals surface area contributed by atoms with Crippen LogP contribution in [0.2, 0.25) is 20.2 Å². The third kappa shape index (κ3) is 2.50. The van der Waals surface area contributed by atoms with E-state index >= 15 is 0 Å². The van der Waals surface area contributed by atoms with Gasteiger partial charge in [0.05, 0.1) is 15.1 Å². The largest absolute Gasteiger partial charge is 0.295 e. The molecule has 0 radical (unpaired) electrons. The molecule has 2 nitrogen and oxygen atoms in total. The molecule has 1 aromatic rings. The summed E-state index contributed by atoms with van der Waals surface area (Å²) in [6.07, 6.45) is 0. The molecule has 1 aromatic heterocycles. The fourth-order valence-electron chi connectivity index (χ4n) is 0.708. The normalized spacial score (nSPS) is 11.9. The van der Waals surface area contributed by atoms with Crippen molar-refractivity contribution in [3.8, 4) is 0 Å². The predicted octanol–water partition coefficient (Wildman–Crippen LogP) is 4.24. The third-order valence-corrected chi connectivity index (χ3v) is 3.34. The number of hydrogen-bond acceptors (Lipinski definition) is 2. The lowest BCUT2D eigenvalue weighted by Gasteiger charge is -2.15. The summed E-state index contributed by atoms with van der Waals surface area (Å²) in [7, 11) is 0. The van der Waals surface area contributed by atoms with Crippen LogP contribution in [0.25, 0.3) is 0 Å². The number of hydrogen-bond donors (Lipinski definition) is 1. The number of pyridine rings is 1. The molecule has 0 aliphatic rings. The molecule has 14 heavy (non-hydrogen) atoms. The molecule has 0 amide bonds. The highest BCUT2D eigenvalue weighted by molar-refractivity contribution is 6.53. The molecule has 0 bridgehead atoms. The average molecular weight is 315 g/mol. The Balaban J connectivity index is 3.49. The Kier molecular flexibility index (Phi) is 4.04. The van der Waals surface area contributed by atoms with Crippen LogP contribution < -0.4 is 5.73 Å². The molecule has 0 aliphatic heterocycles. The van der Waals surface area contributed by atoms with E-state index in [0.29, 0.717) is 0 Å². The summed E-state index contributed by atoms with van der Waals surface area (Å²) in [5.74, 6) is 0. The van der Waals surface area contributed by atoms with E-state index in [4.69, 9.17) is 75.3 Å². The summed E-state index contributed by atoms with van der Waals surface area (Å²) in [4.78, 5) is 3.73. The fourth-order valence-corrected chi connectivity index (χ4v) is 1.96. The Morgan fingerprint density at radius 1 is 0.929 bits per heavy atom. The topological polar surface area (TPSA) is 38.9 Å². The standard InChI is InChI=1S/C6H2Cl6N2/c7-1-2(8)4(6(11,12)13)14-5(10)3(1)9/h13H2. The van der Waals surface area contributed by atoms with Crippen LogP contribution in [0.5, 0.6) is 0 Å². The van der Waals surface area contributed by atoms with Gasteiger partial charge in [-0.25, -0.2) is 4.98 Å². The van der Waals surface area contributed by atoms with Crippen molar-refractivity contribution in [1.29, 1.82) is 0 Å². The van der Waals surface area contributed by atoms with Gasteiger partial charge in [-0.05, 0) is 0 Å². The maximum Gasteiger partial charge on any atom is 0.210 e. The molecule has 0 fully saturated rings. The summed E-state index contributed by atoms with van der Waals surface area (Å²) < 4.78 is -1.77. The first kappa shape index (κ1) is 12.9. The van der Waals surface area contributed by atoms with Crippen molar-refractivity contribution in [3.63, 3.8) is 0 Å². The zero-order valence-electron chi connectivity index (χ0n) is 6.29. The van der Waals surface area contributed by atoms with Gasteiger partial charge in [-0.1, -0.05) is 69.6 Å². The summed E-state index contributed by atoms with van der Waals surface area (Å²) in [5.41, 5.74) is 5.33. The minimum Gasteiger partial charge on any atom is -0.295 e. The number of rotatable bonds is 1. The highest BCUT2D eigenvalue weighted by atomic mass is 35.5. The van der Waals surface area contributed by atoms with E-state index in [-0.39, 0.29) is 25.9 Å². The zero-order chi connectivity index (χ0) is 11.1.